The van der Waals surface area contributed by atoms with Crippen LogP contribution in [0.15, 0.2) is 72.8 Å². The molecule has 4 nitrogen and oxygen atoms in total. The molecule has 1 unspecified atom stereocenters. The van der Waals surface area contributed by atoms with E-state index in [1.54, 1.807) is 11.8 Å². The molecule has 0 aliphatic rings. The van der Waals surface area contributed by atoms with Crippen LogP contribution in [0.1, 0.15) is 23.6 Å². The normalized spacial score (nSPS) is 12.1. The molecule has 1 amide bonds. The van der Waals surface area contributed by atoms with Gasteiger partial charge in [0.05, 0.1) is 11.0 Å². The van der Waals surface area contributed by atoms with Crippen LogP contribution in [0.25, 0.3) is 22.4 Å². The molecular weight excluding hydrogens is 402 g/mol. The molecule has 0 spiro atoms. The number of benzene rings is 3. The summed E-state index contributed by atoms with van der Waals surface area (Å²) in [4.78, 5) is 18.6. The fourth-order valence-corrected chi connectivity index (χ4v) is 4.43. The molecule has 158 valence electrons. The minimum absolute atomic E-state index is 0.00761. The van der Waals surface area contributed by atoms with E-state index in [1.807, 2.05) is 86.6 Å². The van der Waals surface area contributed by atoms with E-state index in [0.29, 0.717) is 0 Å². The fraction of sp³-hybridized carbons (Fsp3) is 0.231. The van der Waals surface area contributed by atoms with Gasteiger partial charge in [-0.05, 0) is 55.5 Å². The van der Waals surface area contributed by atoms with Crippen molar-refractivity contribution < 1.29 is 4.79 Å². The first-order chi connectivity index (χ1) is 15.1. The number of aromatic nitrogens is 2. The van der Waals surface area contributed by atoms with Gasteiger partial charge in [-0.25, -0.2) is 4.98 Å². The molecular formula is C26H27N3OS. The molecule has 4 rings (SSSR count). The molecule has 0 aliphatic carbocycles. The number of thioether (sulfide) groups is 1. The molecule has 0 saturated heterocycles. The maximum atomic E-state index is 13.7. The van der Waals surface area contributed by atoms with Gasteiger partial charge in [-0.1, -0.05) is 60.7 Å². The van der Waals surface area contributed by atoms with Crippen molar-refractivity contribution in [3.05, 3.63) is 83.9 Å². The molecule has 3 aromatic carbocycles. The van der Waals surface area contributed by atoms with Crippen molar-refractivity contribution in [2.75, 3.05) is 17.3 Å². The van der Waals surface area contributed by atoms with Crippen LogP contribution in [0.5, 0.6) is 0 Å². The van der Waals surface area contributed by atoms with E-state index in [9.17, 15) is 4.79 Å². The van der Waals surface area contributed by atoms with Crippen molar-refractivity contribution in [3.63, 3.8) is 0 Å². The first-order valence-corrected chi connectivity index (χ1v) is 11.9. The summed E-state index contributed by atoms with van der Waals surface area (Å²) in [6, 6.07) is 23.9. The van der Waals surface area contributed by atoms with Crippen molar-refractivity contribution >= 4 is 34.4 Å². The van der Waals surface area contributed by atoms with Crippen LogP contribution < -0.4 is 5.32 Å². The number of fused-ring (bicyclic) bond motifs is 1. The maximum absolute atomic E-state index is 13.7. The fourth-order valence-electron chi connectivity index (χ4n) is 3.98. The summed E-state index contributed by atoms with van der Waals surface area (Å²) in [5.41, 5.74) is 5.91. The van der Waals surface area contributed by atoms with Gasteiger partial charge >= 0.3 is 0 Å². The van der Waals surface area contributed by atoms with Crippen LogP contribution >= 0.6 is 11.8 Å². The summed E-state index contributed by atoms with van der Waals surface area (Å²) < 4.78 is 2.11. The number of hydrogen-bond donors (Lipinski definition) is 1. The molecule has 0 aliphatic heterocycles. The quantitative estimate of drug-likeness (QED) is 0.377. The predicted molar refractivity (Wildman–Crippen MR) is 132 cm³/mol. The Labute approximate surface area is 187 Å². The molecule has 1 heterocycles. The highest BCUT2D eigenvalue weighted by atomic mass is 32.2. The number of anilines is 1. The van der Waals surface area contributed by atoms with E-state index in [0.717, 1.165) is 51.4 Å². The highest BCUT2D eigenvalue weighted by Gasteiger charge is 2.26. The number of nitrogens with one attached hydrogen (secondary N) is 1. The van der Waals surface area contributed by atoms with Crippen LogP contribution in [0.4, 0.5) is 5.69 Å². The molecule has 1 N–H and O–H groups in total. The van der Waals surface area contributed by atoms with Crippen molar-refractivity contribution in [2.45, 2.75) is 26.3 Å². The Morgan fingerprint density at radius 2 is 1.65 bits per heavy atom. The summed E-state index contributed by atoms with van der Waals surface area (Å²) in [6.45, 7) is 4.06. The number of para-hydroxylation sites is 3. The number of rotatable bonds is 7. The Morgan fingerprint density at radius 3 is 2.35 bits per heavy atom. The van der Waals surface area contributed by atoms with Gasteiger partial charge in [0.15, 0.2) is 0 Å². The zero-order chi connectivity index (χ0) is 21.8. The van der Waals surface area contributed by atoms with Gasteiger partial charge in [0, 0.05) is 11.3 Å². The molecule has 5 heteroatoms. The van der Waals surface area contributed by atoms with Crippen molar-refractivity contribution in [1.29, 1.82) is 0 Å². The largest absolute Gasteiger partial charge is 0.324 e. The number of nitrogens with zero attached hydrogens (tertiary/aromatic N) is 2. The molecule has 1 atom stereocenters. The van der Waals surface area contributed by atoms with Crippen molar-refractivity contribution in [1.82, 2.24) is 9.55 Å². The number of carbonyl (C=O) groups excluding carboxylic acids is 1. The molecule has 1 aromatic heterocycles. The zero-order valence-electron chi connectivity index (χ0n) is 18.1. The van der Waals surface area contributed by atoms with E-state index >= 15 is 0 Å². The molecule has 0 saturated carbocycles. The van der Waals surface area contributed by atoms with Crippen molar-refractivity contribution in [3.8, 4) is 11.4 Å². The Morgan fingerprint density at radius 1 is 0.968 bits per heavy atom. The van der Waals surface area contributed by atoms with Gasteiger partial charge in [0.2, 0.25) is 5.91 Å². The first kappa shape index (κ1) is 21.2. The van der Waals surface area contributed by atoms with E-state index in [1.165, 1.54) is 0 Å². The number of imidazole rings is 1. The molecule has 0 fully saturated rings. The van der Waals surface area contributed by atoms with Crippen LogP contribution in [-0.2, 0) is 4.79 Å². The lowest BCUT2D eigenvalue weighted by atomic mass is 10.1. The van der Waals surface area contributed by atoms with Gasteiger partial charge < -0.3 is 9.88 Å². The summed E-state index contributed by atoms with van der Waals surface area (Å²) in [5, 5.41) is 3.22. The van der Waals surface area contributed by atoms with E-state index in [4.69, 9.17) is 4.98 Å². The van der Waals surface area contributed by atoms with Crippen LogP contribution in [0, 0.1) is 13.8 Å². The Bertz CT molecular complexity index is 1180. The maximum Gasteiger partial charge on any atom is 0.247 e. The Hall–Kier alpha value is -3.05. The minimum atomic E-state index is -0.367. The third-order valence-electron chi connectivity index (χ3n) is 5.57. The Balaban J connectivity index is 1.83. The first-order valence-electron chi connectivity index (χ1n) is 10.5. The van der Waals surface area contributed by atoms with E-state index in [2.05, 4.69) is 16.1 Å². The molecule has 4 aromatic rings. The van der Waals surface area contributed by atoms with Crippen LogP contribution in [0.2, 0.25) is 0 Å². The smallest absolute Gasteiger partial charge is 0.247 e. The number of hydrogen-bond acceptors (Lipinski definition) is 3. The monoisotopic (exact) mass is 429 g/mol. The lowest BCUT2D eigenvalue weighted by Gasteiger charge is -2.22. The van der Waals surface area contributed by atoms with Crippen LogP contribution in [0.3, 0.4) is 0 Å². The lowest BCUT2D eigenvalue weighted by Crippen LogP contribution is -2.28. The highest BCUT2D eigenvalue weighted by molar-refractivity contribution is 7.98. The molecule has 0 radical (unpaired) electrons. The third-order valence-corrected chi connectivity index (χ3v) is 6.21. The zero-order valence-corrected chi connectivity index (χ0v) is 18.9. The highest BCUT2D eigenvalue weighted by Crippen LogP contribution is 2.32. The second kappa shape index (κ2) is 9.40. The predicted octanol–water partition coefficient (Wildman–Crippen LogP) is 6.25. The van der Waals surface area contributed by atoms with Crippen LogP contribution in [-0.4, -0.2) is 27.5 Å². The summed E-state index contributed by atoms with van der Waals surface area (Å²) in [7, 11) is 0. The number of carbonyl (C=O) groups is 1. The molecule has 31 heavy (non-hydrogen) atoms. The minimum Gasteiger partial charge on any atom is -0.324 e. The van der Waals surface area contributed by atoms with Crippen molar-refractivity contribution in [2.24, 2.45) is 0 Å². The second-order valence-corrected chi connectivity index (χ2v) is 8.70. The third kappa shape index (κ3) is 4.37. The summed E-state index contributed by atoms with van der Waals surface area (Å²) in [5.74, 6) is 1.70. The average molecular weight is 430 g/mol. The standard InChI is InChI=1S/C26H27N3OS/c1-18-10-9-11-19(2)24(18)28-26(30)23(16-17-31-3)29-22-15-8-7-14-21(22)27-25(29)20-12-5-4-6-13-20/h4-15,23H,16-17H2,1-3H3,(H,28,30). The van der Waals surface area contributed by atoms with E-state index < -0.39 is 0 Å². The number of amides is 1. The molecule has 0 bridgehead atoms. The summed E-state index contributed by atoms with van der Waals surface area (Å²) in [6.07, 6.45) is 2.79. The summed E-state index contributed by atoms with van der Waals surface area (Å²) >= 11 is 1.75. The van der Waals surface area contributed by atoms with Gasteiger partial charge in [0.1, 0.15) is 11.9 Å². The average Bonchev–Trinajstić information content (AvgIpc) is 3.17. The topological polar surface area (TPSA) is 46.9 Å². The van der Waals surface area contributed by atoms with E-state index in [-0.39, 0.29) is 11.9 Å². The SMILES string of the molecule is CSCCC(C(=O)Nc1c(C)cccc1C)n1c(-c2ccccc2)nc2ccccc21. The number of aryl methyl sites for hydroxylation is 2. The van der Waals surface area contributed by atoms with Gasteiger partial charge in [0.25, 0.3) is 0 Å². The lowest BCUT2D eigenvalue weighted by molar-refractivity contribution is -0.119. The van der Waals surface area contributed by atoms with Gasteiger partial charge in [-0.3, -0.25) is 4.79 Å². The van der Waals surface area contributed by atoms with Gasteiger partial charge in [-0.15, -0.1) is 0 Å². The Kier molecular flexibility index (Phi) is 6.42. The second-order valence-electron chi connectivity index (χ2n) is 7.71. The van der Waals surface area contributed by atoms with Gasteiger partial charge in [-0.2, -0.15) is 11.8 Å².